The Morgan fingerprint density at radius 3 is 2.29 bits per heavy atom. The van der Waals surface area contributed by atoms with Gasteiger partial charge in [-0.2, -0.15) is 0 Å². The Labute approximate surface area is 146 Å². The number of quaternary nitrogens is 1. The van der Waals surface area contributed by atoms with E-state index in [2.05, 4.69) is 37.7 Å². The third kappa shape index (κ3) is 4.49. The van der Waals surface area contributed by atoms with Crippen molar-refractivity contribution >= 4 is 10.0 Å². The highest BCUT2D eigenvalue weighted by Gasteiger charge is 2.43. The molecule has 0 aromatic heterocycles. The summed E-state index contributed by atoms with van der Waals surface area (Å²) in [5.41, 5.74) is 0.989. The van der Waals surface area contributed by atoms with Crippen LogP contribution in [-0.4, -0.2) is 32.6 Å². The van der Waals surface area contributed by atoms with Crippen molar-refractivity contribution in [1.82, 2.24) is 4.72 Å². The molecule has 1 heterocycles. The monoisotopic (exact) mass is 355 g/mol. The molecule has 0 bridgehead atoms. The van der Waals surface area contributed by atoms with Crippen LogP contribution in [0.4, 0.5) is 0 Å². The van der Waals surface area contributed by atoms with Crippen molar-refractivity contribution in [2.75, 3.05) is 7.11 Å². The van der Waals surface area contributed by atoms with Gasteiger partial charge in [-0.3, -0.25) is 0 Å². The molecule has 0 spiro atoms. The third-order valence-corrected chi connectivity index (χ3v) is 6.12. The number of hydrogen-bond donors (Lipinski definition) is 2. The summed E-state index contributed by atoms with van der Waals surface area (Å²) >= 11 is 0. The number of hydrogen-bond acceptors (Lipinski definition) is 3. The van der Waals surface area contributed by atoms with Crippen molar-refractivity contribution < 1.29 is 18.5 Å². The molecule has 5 nitrogen and oxygen atoms in total. The van der Waals surface area contributed by atoms with Crippen LogP contribution in [-0.2, 0) is 16.4 Å². The molecule has 1 saturated heterocycles. The standard InChI is InChI=1S/C18H30N2O3S/c1-7-13-8-9-15(23-6)16(10-13)24(21,22)19-14-11-17(2,3)20-18(4,5)12-14/h8-10,14,19-20H,7,11-12H2,1-6H3/p+1. The number of nitrogens with two attached hydrogens (primary N) is 1. The lowest BCUT2D eigenvalue weighted by Gasteiger charge is -2.43. The van der Waals surface area contributed by atoms with Gasteiger partial charge in [0.1, 0.15) is 10.6 Å². The number of ether oxygens (including phenoxy) is 1. The Bertz CT molecular complexity index is 680. The molecule has 0 radical (unpaired) electrons. The molecule has 0 aliphatic carbocycles. The van der Waals surface area contributed by atoms with Crippen LogP contribution in [0.3, 0.4) is 0 Å². The number of rotatable bonds is 5. The third-order valence-electron chi connectivity index (χ3n) is 4.57. The Morgan fingerprint density at radius 1 is 1.21 bits per heavy atom. The molecule has 0 saturated carbocycles. The zero-order chi connectivity index (χ0) is 18.2. The van der Waals surface area contributed by atoms with Gasteiger partial charge in [-0.1, -0.05) is 13.0 Å². The van der Waals surface area contributed by atoms with E-state index in [0.29, 0.717) is 5.75 Å². The second-order valence-electron chi connectivity index (χ2n) is 8.19. The van der Waals surface area contributed by atoms with Gasteiger partial charge in [-0.15, -0.1) is 0 Å². The van der Waals surface area contributed by atoms with Crippen LogP contribution >= 0.6 is 0 Å². The number of methoxy groups -OCH3 is 1. The first-order chi connectivity index (χ1) is 11.0. The molecule has 136 valence electrons. The van der Waals surface area contributed by atoms with Gasteiger partial charge in [0, 0.05) is 18.9 Å². The van der Waals surface area contributed by atoms with Crippen molar-refractivity contribution in [3.8, 4) is 5.75 Å². The van der Waals surface area contributed by atoms with E-state index in [1.54, 1.807) is 12.1 Å². The van der Waals surface area contributed by atoms with Gasteiger partial charge in [0.2, 0.25) is 10.0 Å². The molecule has 0 amide bonds. The van der Waals surface area contributed by atoms with Crippen molar-refractivity contribution in [3.63, 3.8) is 0 Å². The largest absolute Gasteiger partial charge is 0.495 e. The van der Waals surface area contributed by atoms with Gasteiger partial charge < -0.3 is 10.1 Å². The first-order valence-electron chi connectivity index (χ1n) is 8.54. The van der Waals surface area contributed by atoms with Crippen molar-refractivity contribution in [3.05, 3.63) is 23.8 Å². The minimum absolute atomic E-state index is 0.00426. The lowest BCUT2D eigenvalue weighted by Crippen LogP contribution is -3.06. The predicted molar refractivity (Wildman–Crippen MR) is 95.8 cm³/mol. The van der Waals surface area contributed by atoms with E-state index in [0.717, 1.165) is 24.8 Å². The number of sulfonamides is 1. The van der Waals surface area contributed by atoms with Crippen LogP contribution in [0.1, 0.15) is 53.0 Å². The smallest absolute Gasteiger partial charge is 0.244 e. The second kappa shape index (κ2) is 6.65. The Morgan fingerprint density at radius 2 is 1.79 bits per heavy atom. The van der Waals surface area contributed by atoms with Crippen molar-refractivity contribution in [2.24, 2.45) is 0 Å². The topological polar surface area (TPSA) is 72.0 Å². The summed E-state index contributed by atoms with van der Waals surface area (Å²) in [4.78, 5) is 0.231. The molecule has 1 fully saturated rings. The average Bonchev–Trinajstić information content (AvgIpc) is 2.42. The molecule has 1 aliphatic heterocycles. The zero-order valence-corrected chi connectivity index (χ0v) is 16.5. The Balaban J connectivity index is 2.31. The Hall–Kier alpha value is -1.11. The van der Waals surface area contributed by atoms with E-state index in [-0.39, 0.29) is 22.0 Å². The fraction of sp³-hybridized carbons (Fsp3) is 0.667. The summed E-state index contributed by atoms with van der Waals surface area (Å²) in [6.07, 6.45) is 2.38. The van der Waals surface area contributed by atoms with Crippen LogP contribution in [0, 0.1) is 0 Å². The van der Waals surface area contributed by atoms with E-state index in [4.69, 9.17) is 4.74 Å². The summed E-state index contributed by atoms with van der Waals surface area (Å²) in [6, 6.07) is 5.27. The van der Waals surface area contributed by atoms with Gasteiger partial charge in [-0.05, 0) is 51.8 Å². The van der Waals surface area contributed by atoms with Gasteiger partial charge >= 0.3 is 0 Å². The molecule has 0 atom stereocenters. The number of aryl methyl sites for hydroxylation is 1. The summed E-state index contributed by atoms with van der Waals surface area (Å²) in [5.74, 6) is 0.389. The van der Waals surface area contributed by atoms with Crippen LogP contribution in [0.5, 0.6) is 5.75 Å². The van der Waals surface area contributed by atoms with Gasteiger partial charge in [-0.25, -0.2) is 13.1 Å². The van der Waals surface area contributed by atoms with E-state index >= 15 is 0 Å². The summed E-state index contributed by atoms with van der Waals surface area (Å²) in [6.45, 7) is 10.6. The molecule has 3 N–H and O–H groups in total. The summed E-state index contributed by atoms with van der Waals surface area (Å²) in [5, 5.41) is 2.34. The van der Waals surface area contributed by atoms with E-state index in [1.807, 2.05) is 13.0 Å². The van der Waals surface area contributed by atoms with E-state index in [1.165, 1.54) is 7.11 Å². The predicted octanol–water partition coefficient (Wildman–Crippen LogP) is 1.82. The van der Waals surface area contributed by atoms with Gasteiger partial charge in [0.05, 0.1) is 18.2 Å². The Kier molecular flexibility index (Phi) is 5.33. The normalized spacial score (nSPS) is 20.8. The molecule has 0 unspecified atom stereocenters. The number of benzene rings is 1. The summed E-state index contributed by atoms with van der Waals surface area (Å²) in [7, 11) is -2.12. The first-order valence-corrected chi connectivity index (χ1v) is 10.0. The highest BCUT2D eigenvalue weighted by Crippen LogP contribution is 2.28. The quantitative estimate of drug-likeness (QED) is 0.846. The molecule has 1 aromatic rings. The van der Waals surface area contributed by atoms with Crippen molar-refractivity contribution in [1.29, 1.82) is 0 Å². The van der Waals surface area contributed by atoms with E-state index < -0.39 is 10.0 Å². The van der Waals surface area contributed by atoms with Crippen molar-refractivity contribution in [2.45, 2.75) is 75.9 Å². The lowest BCUT2D eigenvalue weighted by atomic mass is 9.80. The SMILES string of the molecule is CCc1ccc(OC)c(S(=O)(=O)NC2CC(C)(C)[NH2+]C(C)(C)C2)c1. The minimum Gasteiger partial charge on any atom is -0.495 e. The van der Waals surface area contributed by atoms with Crippen LogP contribution in [0.15, 0.2) is 23.1 Å². The maximum absolute atomic E-state index is 13.0. The molecular weight excluding hydrogens is 324 g/mol. The molecular formula is C18H31N2O3S+. The van der Waals surface area contributed by atoms with Crippen LogP contribution < -0.4 is 14.8 Å². The first kappa shape index (κ1) is 19.2. The molecule has 2 rings (SSSR count). The molecule has 24 heavy (non-hydrogen) atoms. The molecule has 6 heteroatoms. The highest BCUT2D eigenvalue weighted by molar-refractivity contribution is 7.89. The molecule has 1 aromatic carbocycles. The maximum Gasteiger partial charge on any atom is 0.244 e. The van der Waals surface area contributed by atoms with Crippen LogP contribution in [0.25, 0.3) is 0 Å². The number of piperidine rings is 1. The average molecular weight is 356 g/mol. The van der Waals surface area contributed by atoms with Gasteiger partial charge in [0.15, 0.2) is 0 Å². The minimum atomic E-state index is -3.62. The fourth-order valence-corrected chi connectivity index (χ4v) is 5.49. The van der Waals surface area contributed by atoms with Gasteiger partial charge in [0.25, 0.3) is 0 Å². The second-order valence-corrected chi connectivity index (χ2v) is 9.87. The van der Waals surface area contributed by atoms with Crippen LogP contribution in [0.2, 0.25) is 0 Å². The summed E-state index contributed by atoms with van der Waals surface area (Å²) < 4.78 is 34.1. The molecule has 1 aliphatic rings. The lowest BCUT2D eigenvalue weighted by molar-refractivity contribution is -0.787. The fourth-order valence-electron chi connectivity index (χ4n) is 4.04. The zero-order valence-electron chi connectivity index (χ0n) is 15.6. The van der Waals surface area contributed by atoms with E-state index in [9.17, 15) is 8.42 Å². The maximum atomic E-state index is 13.0. The highest BCUT2D eigenvalue weighted by atomic mass is 32.2. The number of nitrogens with one attached hydrogen (secondary N) is 1.